The number of ether oxygens (including phenoxy) is 1. The Morgan fingerprint density at radius 3 is 2.42 bits per heavy atom. The maximum absolute atomic E-state index is 13.6. The minimum atomic E-state index is -0.976. The van der Waals surface area contributed by atoms with Gasteiger partial charge in [0.05, 0.1) is 0 Å². The lowest BCUT2D eigenvalue weighted by molar-refractivity contribution is -0.141. The van der Waals surface area contributed by atoms with Crippen molar-refractivity contribution in [3.8, 4) is 0 Å². The van der Waals surface area contributed by atoms with E-state index in [1.165, 1.54) is 4.90 Å². The number of rotatable bonds is 11. The first-order valence-corrected chi connectivity index (χ1v) is 11.9. The summed E-state index contributed by atoms with van der Waals surface area (Å²) in [5.41, 5.74) is 0.936. The Balaban J connectivity index is 3.32. The smallest absolute Gasteiger partial charge is 0.408 e. The molecular weight excluding hydrogens is 438 g/mol. The normalized spacial score (nSPS) is 13.9. The first-order chi connectivity index (χ1) is 15.4. The Morgan fingerprint density at radius 2 is 1.91 bits per heavy atom. The molecule has 0 bridgehead atoms. The quantitative estimate of drug-likeness (QED) is 0.330. The summed E-state index contributed by atoms with van der Waals surface area (Å²) in [4.78, 5) is 40.7. The van der Waals surface area contributed by atoms with Crippen LogP contribution in [0.1, 0.15) is 64.6 Å². The van der Waals surface area contributed by atoms with Crippen LogP contribution in [0.3, 0.4) is 0 Å². The topological polar surface area (TPSA) is 87.7 Å². The molecule has 3 amide bonds. The van der Waals surface area contributed by atoms with Crippen molar-refractivity contribution >= 4 is 30.5 Å². The molecule has 0 heterocycles. The van der Waals surface area contributed by atoms with Gasteiger partial charge in [0.1, 0.15) is 17.7 Å². The van der Waals surface area contributed by atoms with E-state index in [0.717, 1.165) is 18.4 Å². The number of thiol groups is 1. The zero-order valence-corrected chi connectivity index (χ0v) is 21.6. The number of alkyl carbamates (subject to hydrolysis) is 1. The number of benzene rings is 1. The van der Waals surface area contributed by atoms with Gasteiger partial charge >= 0.3 is 6.09 Å². The Bertz CT molecular complexity index is 822. The van der Waals surface area contributed by atoms with Crippen LogP contribution in [-0.4, -0.2) is 52.8 Å². The molecule has 1 aromatic carbocycles. The van der Waals surface area contributed by atoms with Crippen molar-refractivity contribution in [3.63, 3.8) is 0 Å². The molecule has 184 valence electrons. The molecule has 8 heteroatoms. The zero-order chi connectivity index (χ0) is 25.2. The second-order valence-electron chi connectivity index (χ2n) is 9.18. The molecular formula is C25H39N3O4S. The van der Waals surface area contributed by atoms with Gasteiger partial charge in [0.2, 0.25) is 11.8 Å². The van der Waals surface area contributed by atoms with Crippen LogP contribution in [0.5, 0.6) is 0 Å². The highest BCUT2D eigenvalue weighted by Crippen LogP contribution is 2.24. The highest BCUT2D eigenvalue weighted by atomic mass is 32.1. The second-order valence-corrected chi connectivity index (χ2v) is 9.54. The van der Waals surface area contributed by atoms with Gasteiger partial charge in [-0.25, -0.2) is 4.79 Å². The van der Waals surface area contributed by atoms with Crippen molar-refractivity contribution in [1.82, 2.24) is 15.5 Å². The number of carbonyl (C=O) groups is 3. The first-order valence-electron chi connectivity index (χ1n) is 11.3. The number of aryl methyl sites for hydroxylation is 1. The van der Waals surface area contributed by atoms with E-state index in [4.69, 9.17) is 4.74 Å². The summed E-state index contributed by atoms with van der Waals surface area (Å²) < 4.78 is 5.29. The third-order valence-electron chi connectivity index (χ3n) is 4.81. The van der Waals surface area contributed by atoms with E-state index in [-0.39, 0.29) is 24.2 Å². The summed E-state index contributed by atoms with van der Waals surface area (Å²) in [5, 5.41) is 5.61. The molecule has 0 aromatic heterocycles. The summed E-state index contributed by atoms with van der Waals surface area (Å²) in [7, 11) is 0. The second kappa shape index (κ2) is 13.3. The standard InChI is InChI=1S/C25H39N3O4S/c1-8-11-18(4)26-22(29)21(19-13-10-12-17(3)15-19)28(14-9-2)23(30)20(16-33)27-24(31)32-25(5,6)7/h9-10,12-13,15,18,20-21,33H,2,8,11,14,16H2,1,3-7H3,(H,26,29)(H,27,31). The average Bonchev–Trinajstić information content (AvgIpc) is 2.70. The summed E-state index contributed by atoms with van der Waals surface area (Å²) in [6.07, 6.45) is 2.59. The SMILES string of the molecule is C=CCN(C(=O)C(CS)NC(=O)OC(C)(C)C)C(C(=O)NC(C)CCC)c1cccc(C)c1. The number of carbonyl (C=O) groups excluding carboxylic acids is 3. The molecule has 0 fully saturated rings. The monoisotopic (exact) mass is 477 g/mol. The van der Waals surface area contributed by atoms with Crippen LogP contribution in [0.2, 0.25) is 0 Å². The molecule has 3 atom stereocenters. The average molecular weight is 478 g/mol. The summed E-state index contributed by atoms with van der Waals surface area (Å²) in [5.74, 6) is -0.687. The van der Waals surface area contributed by atoms with Gasteiger partial charge in [-0.1, -0.05) is 49.2 Å². The summed E-state index contributed by atoms with van der Waals surface area (Å²) >= 11 is 4.27. The van der Waals surface area contributed by atoms with E-state index >= 15 is 0 Å². The van der Waals surface area contributed by atoms with Gasteiger partial charge in [0.15, 0.2) is 0 Å². The molecule has 0 aliphatic heterocycles. The molecule has 7 nitrogen and oxygen atoms in total. The molecule has 3 unspecified atom stereocenters. The van der Waals surface area contributed by atoms with Crippen molar-refractivity contribution in [2.24, 2.45) is 0 Å². The van der Waals surface area contributed by atoms with Crippen LogP contribution >= 0.6 is 12.6 Å². The Labute approximate surface area is 203 Å². The fourth-order valence-corrected chi connectivity index (χ4v) is 3.68. The van der Waals surface area contributed by atoms with E-state index in [1.54, 1.807) is 26.8 Å². The molecule has 0 radical (unpaired) electrons. The third kappa shape index (κ3) is 9.50. The van der Waals surface area contributed by atoms with Crippen LogP contribution in [0, 0.1) is 6.92 Å². The van der Waals surface area contributed by atoms with E-state index in [2.05, 4.69) is 29.8 Å². The lowest BCUT2D eigenvalue weighted by Gasteiger charge is -2.34. The summed E-state index contributed by atoms with van der Waals surface area (Å²) in [6, 6.07) is 5.58. The number of hydrogen-bond acceptors (Lipinski definition) is 5. The van der Waals surface area contributed by atoms with Crippen LogP contribution in [0.4, 0.5) is 4.79 Å². The van der Waals surface area contributed by atoms with Gasteiger partial charge in [0.25, 0.3) is 0 Å². The van der Waals surface area contributed by atoms with Gasteiger partial charge in [-0.15, -0.1) is 6.58 Å². The van der Waals surface area contributed by atoms with Gasteiger partial charge in [0, 0.05) is 18.3 Å². The van der Waals surface area contributed by atoms with Crippen LogP contribution in [-0.2, 0) is 14.3 Å². The van der Waals surface area contributed by atoms with Crippen LogP contribution < -0.4 is 10.6 Å². The molecule has 0 aliphatic carbocycles. The van der Waals surface area contributed by atoms with Crippen molar-refractivity contribution in [2.45, 2.75) is 78.1 Å². The maximum atomic E-state index is 13.6. The molecule has 33 heavy (non-hydrogen) atoms. The van der Waals surface area contributed by atoms with E-state index in [1.807, 2.05) is 45.0 Å². The lowest BCUT2D eigenvalue weighted by atomic mass is 10.0. The lowest BCUT2D eigenvalue weighted by Crippen LogP contribution is -2.54. The number of nitrogens with one attached hydrogen (secondary N) is 2. The van der Waals surface area contributed by atoms with Crippen LogP contribution in [0.25, 0.3) is 0 Å². The molecule has 0 aliphatic rings. The highest BCUT2D eigenvalue weighted by molar-refractivity contribution is 7.80. The first kappa shape index (κ1) is 28.6. The number of nitrogens with zero attached hydrogens (tertiary/aromatic N) is 1. The Morgan fingerprint density at radius 1 is 1.24 bits per heavy atom. The van der Waals surface area contributed by atoms with Gasteiger partial charge < -0.3 is 20.3 Å². The van der Waals surface area contributed by atoms with Gasteiger partial charge in [-0.2, -0.15) is 12.6 Å². The maximum Gasteiger partial charge on any atom is 0.408 e. The molecule has 0 saturated heterocycles. The van der Waals surface area contributed by atoms with Crippen molar-refractivity contribution in [1.29, 1.82) is 0 Å². The zero-order valence-electron chi connectivity index (χ0n) is 20.7. The highest BCUT2D eigenvalue weighted by Gasteiger charge is 2.35. The predicted molar refractivity (Wildman–Crippen MR) is 135 cm³/mol. The van der Waals surface area contributed by atoms with E-state index in [0.29, 0.717) is 5.56 Å². The molecule has 2 N–H and O–H groups in total. The third-order valence-corrected chi connectivity index (χ3v) is 5.17. The van der Waals surface area contributed by atoms with Crippen LogP contribution in [0.15, 0.2) is 36.9 Å². The molecule has 0 saturated carbocycles. The fourth-order valence-electron chi connectivity index (χ4n) is 3.44. The minimum absolute atomic E-state index is 0.0418. The Hall–Kier alpha value is -2.48. The van der Waals surface area contributed by atoms with Crippen molar-refractivity contribution in [2.75, 3.05) is 12.3 Å². The fraction of sp³-hybridized carbons (Fsp3) is 0.560. The Kier molecular flexibility index (Phi) is 11.5. The van der Waals surface area contributed by atoms with Gasteiger partial charge in [-0.3, -0.25) is 9.59 Å². The molecule has 0 spiro atoms. The predicted octanol–water partition coefficient (Wildman–Crippen LogP) is 4.18. The number of amides is 3. The van der Waals surface area contributed by atoms with Gasteiger partial charge in [-0.05, 0) is 46.6 Å². The largest absolute Gasteiger partial charge is 0.444 e. The number of hydrogen-bond donors (Lipinski definition) is 3. The van der Waals surface area contributed by atoms with Crippen molar-refractivity contribution in [3.05, 3.63) is 48.0 Å². The van der Waals surface area contributed by atoms with E-state index in [9.17, 15) is 14.4 Å². The molecule has 1 rings (SSSR count). The minimum Gasteiger partial charge on any atom is -0.444 e. The van der Waals surface area contributed by atoms with Crippen molar-refractivity contribution < 1.29 is 19.1 Å². The summed E-state index contributed by atoms with van der Waals surface area (Å²) in [6.45, 7) is 15.0. The van der Waals surface area contributed by atoms with E-state index < -0.39 is 29.7 Å². The molecule has 1 aromatic rings.